The standard InChI is InChI=1S/C15H21Cl2N/c1-10(11(2)9-18-13-6-7-13)8-12-4-3-5-14(16)15(12)17/h3-5,10-11,13,18H,6-9H2,1-2H3. The highest BCUT2D eigenvalue weighted by Gasteiger charge is 2.22. The molecule has 0 heterocycles. The third-order valence-corrected chi connectivity index (χ3v) is 4.71. The highest BCUT2D eigenvalue weighted by Crippen LogP contribution is 2.29. The molecule has 1 saturated carbocycles. The van der Waals surface area contributed by atoms with Crippen molar-refractivity contribution in [2.75, 3.05) is 6.54 Å². The Balaban J connectivity index is 1.88. The van der Waals surface area contributed by atoms with Crippen molar-refractivity contribution in [1.29, 1.82) is 0 Å². The molecular formula is C15H21Cl2N. The zero-order chi connectivity index (χ0) is 13.1. The Morgan fingerprint density at radius 3 is 2.61 bits per heavy atom. The van der Waals surface area contributed by atoms with Gasteiger partial charge in [0.1, 0.15) is 0 Å². The van der Waals surface area contributed by atoms with Gasteiger partial charge in [0.2, 0.25) is 0 Å². The Labute approximate surface area is 120 Å². The zero-order valence-electron chi connectivity index (χ0n) is 11.0. The molecule has 2 atom stereocenters. The van der Waals surface area contributed by atoms with Crippen LogP contribution >= 0.6 is 23.2 Å². The molecule has 0 radical (unpaired) electrons. The van der Waals surface area contributed by atoms with E-state index in [-0.39, 0.29) is 0 Å². The molecule has 0 aromatic heterocycles. The maximum Gasteiger partial charge on any atom is 0.0624 e. The minimum atomic E-state index is 0.604. The molecule has 0 amide bonds. The van der Waals surface area contributed by atoms with E-state index in [2.05, 4.69) is 25.2 Å². The van der Waals surface area contributed by atoms with E-state index in [1.54, 1.807) is 0 Å². The quantitative estimate of drug-likeness (QED) is 0.808. The lowest BCUT2D eigenvalue weighted by Crippen LogP contribution is -2.27. The van der Waals surface area contributed by atoms with Gasteiger partial charge in [-0.1, -0.05) is 49.2 Å². The molecule has 1 aromatic carbocycles. The average Bonchev–Trinajstić information content (AvgIpc) is 3.16. The van der Waals surface area contributed by atoms with Crippen LogP contribution in [-0.2, 0) is 6.42 Å². The van der Waals surface area contributed by atoms with Gasteiger partial charge in [-0.05, 0) is 49.3 Å². The fraction of sp³-hybridized carbons (Fsp3) is 0.600. The Morgan fingerprint density at radius 1 is 1.22 bits per heavy atom. The van der Waals surface area contributed by atoms with Crippen LogP contribution in [0.25, 0.3) is 0 Å². The molecule has 0 bridgehead atoms. The number of benzene rings is 1. The van der Waals surface area contributed by atoms with Crippen LogP contribution in [0.2, 0.25) is 10.0 Å². The summed E-state index contributed by atoms with van der Waals surface area (Å²) in [5.74, 6) is 1.26. The first-order valence-electron chi connectivity index (χ1n) is 6.74. The lowest BCUT2D eigenvalue weighted by atomic mass is 9.89. The molecule has 2 rings (SSSR count). The predicted molar refractivity (Wildman–Crippen MR) is 79.5 cm³/mol. The molecular weight excluding hydrogens is 265 g/mol. The molecule has 0 saturated heterocycles. The number of halogens is 2. The number of rotatable bonds is 6. The zero-order valence-corrected chi connectivity index (χ0v) is 12.6. The molecule has 1 aromatic rings. The fourth-order valence-electron chi connectivity index (χ4n) is 2.10. The normalized spacial score (nSPS) is 18.7. The summed E-state index contributed by atoms with van der Waals surface area (Å²) in [6.45, 7) is 5.69. The summed E-state index contributed by atoms with van der Waals surface area (Å²) in [4.78, 5) is 0. The van der Waals surface area contributed by atoms with E-state index in [1.807, 2.05) is 12.1 Å². The van der Waals surface area contributed by atoms with Crippen molar-refractivity contribution in [3.8, 4) is 0 Å². The largest absolute Gasteiger partial charge is 0.314 e. The summed E-state index contributed by atoms with van der Waals surface area (Å²) < 4.78 is 0. The lowest BCUT2D eigenvalue weighted by Gasteiger charge is -2.21. The predicted octanol–water partition coefficient (Wildman–Crippen LogP) is 4.56. The average molecular weight is 286 g/mol. The molecule has 1 N–H and O–H groups in total. The van der Waals surface area contributed by atoms with Crippen LogP contribution in [-0.4, -0.2) is 12.6 Å². The van der Waals surface area contributed by atoms with E-state index >= 15 is 0 Å². The van der Waals surface area contributed by atoms with E-state index < -0.39 is 0 Å². The Morgan fingerprint density at radius 2 is 1.94 bits per heavy atom. The van der Waals surface area contributed by atoms with Crippen molar-refractivity contribution in [3.05, 3.63) is 33.8 Å². The van der Waals surface area contributed by atoms with E-state index in [9.17, 15) is 0 Å². The second-order valence-electron chi connectivity index (χ2n) is 5.55. The van der Waals surface area contributed by atoms with Gasteiger partial charge in [0.05, 0.1) is 10.0 Å². The van der Waals surface area contributed by atoms with Crippen LogP contribution in [0.5, 0.6) is 0 Å². The van der Waals surface area contributed by atoms with Crippen molar-refractivity contribution in [2.24, 2.45) is 11.8 Å². The molecule has 1 aliphatic carbocycles. The second-order valence-corrected chi connectivity index (χ2v) is 6.34. The SMILES string of the molecule is CC(CNC1CC1)C(C)Cc1cccc(Cl)c1Cl. The van der Waals surface area contributed by atoms with Crippen molar-refractivity contribution in [1.82, 2.24) is 5.32 Å². The van der Waals surface area contributed by atoms with E-state index in [0.717, 1.165) is 24.6 Å². The first-order valence-corrected chi connectivity index (χ1v) is 7.49. The topological polar surface area (TPSA) is 12.0 Å². The van der Waals surface area contributed by atoms with Gasteiger partial charge < -0.3 is 5.32 Å². The van der Waals surface area contributed by atoms with Crippen molar-refractivity contribution in [3.63, 3.8) is 0 Å². The number of hydrogen-bond donors (Lipinski definition) is 1. The first-order chi connectivity index (χ1) is 8.58. The summed E-state index contributed by atoms with van der Waals surface area (Å²) in [6, 6.07) is 6.68. The van der Waals surface area contributed by atoms with Gasteiger partial charge >= 0.3 is 0 Å². The van der Waals surface area contributed by atoms with E-state index in [1.165, 1.54) is 12.8 Å². The van der Waals surface area contributed by atoms with Gasteiger partial charge in [-0.3, -0.25) is 0 Å². The summed E-state index contributed by atoms with van der Waals surface area (Å²) >= 11 is 12.3. The number of nitrogens with one attached hydrogen (secondary N) is 1. The minimum absolute atomic E-state index is 0.604. The minimum Gasteiger partial charge on any atom is -0.314 e. The third-order valence-electron chi connectivity index (χ3n) is 3.85. The molecule has 3 heteroatoms. The Kier molecular flexibility index (Phi) is 4.94. The van der Waals surface area contributed by atoms with Gasteiger partial charge in [0.15, 0.2) is 0 Å². The fourth-order valence-corrected chi connectivity index (χ4v) is 2.49. The maximum absolute atomic E-state index is 6.23. The molecule has 0 spiro atoms. The second kappa shape index (κ2) is 6.27. The van der Waals surface area contributed by atoms with E-state index in [0.29, 0.717) is 21.9 Å². The highest BCUT2D eigenvalue weighted by molar-refractivity contribution is 6.42. The molecule has 0 aliphatic heterocycles. The van der Waals surface area contributed by atoms with Crippen molar-refractivity contribution in [2.45, 2.75) is 39.2 Å². The molecule has 1 aliphatic rings. The Hall–Kier alpha value is -0.240. The maximum atomic E-state index is 6.23. The van der Waals surface area contributed by atoms with Crippen LogP contribution in [0, 0.1) is 11.8 Å². The van der Waals surface area contributed by atoms with Crippen molar-refractivity contribution >= 4 is 23.2 Å². The van der Waals surface area contributed by atoms with E-state index in [4.69, 9.17) is 23.2 Å². The van der Waals surface area contributed by atoms with Crippen LogP contribution in [0.1, 0.15) is 32.3 Å². The van der Waals surface area contributed by atoms with Gasteiger partial charge in [0.25, 0.3) is 0 Å². The van der Waals surface area contributed by atoms with Gasteiger partial charge in [-0.25, -0.2) is 0 Å². The number of hydrogen-bond acceptors (Lipinski definition) is 1. The summed E-state index contributed by atoms with van der Waals surface area (Å²) in [6.07, 6.45) is 3.69. The molecule has 1 nitrogen and oxygen atoms in total. The van der Waals surface area contributed by atoms with Crippen LogP contribution in [0.4, 0.5) is 0 Å². The van der Waals surface area contributed by atoms with Crippen LogP contribution < -0.4 is 5.32 Å². The summed E-state index contributed by atoms with van der Waals surface area (Å²) in [7, 11) is 0. The van der Waals surface area contributed by atoms with Gasteiger partial charge in [-0.2, -0.15) is 0 Å². The molecule has 2 unspecified atom stereocenters. The smallest absolute Gasteiger partial charge is 0.0624 e. The molecule has 1 fully saturated rings. The van der Waals surface area contributed by atoms with Gasteiger partial charge in [0, 0.05) is 6.04 Å². The van der Waals surface area contributed by atoms with Crippen molar-refractivity contribution < 1.29 is 0 Å². The summed E-state index contributed by atoms with van der Waals surface area (Å²) in [5, 5.41) is 4.96. The summed E-state index contributed by atoms with van der Waals surface area (Å²) in [5.41, 5.74) is 1.16. The lowest BCUT2D eigenvalue weighted by molar-refractivity contribution is 0.364. The first kappa shape index (κ1) is 14.2. The monoisotopic (exact) mass is 285 g/mol. The highest BCUT2D eigenvalue weighted by atomic mass is 35.5. The molecule has 18 heavy (non-hydrogen) atoms. The van der Waals surface area contributed by atoms with Crippen LogP contribution in [0.15, 0.2) is 18.2 Å². The Bertz CT molecular complexity index is 401. The third kappa shape index (κ3) is 3.88. The van der Waals surface area contributed by atoms with Crippen LogP contribution in [0.3, 0.4) is 0 Å². The van der Waals surface area contributed by atoms with Gasteiger partial charge in [-0.15, -0.1) is 0 Å². The molecule has 100 valence electrons.